The number of unbranched alkanes of at least 4 members (excludes halogenated alkanes) is 1. The van der Waals surface area contributed by atoms with Crippen molar-refractivity contribution in [3.8, 4) is 0 Å². The molecule has 48 valence electrons. The topological polar surface area (TPSA) is 37.3 Å². The van der Waals surface area contributed by atoms with Gasteiger partial charge in [-0.3, -0.25) is 0 Å². The summed E-state index contributed by atoms with van der Waals surface area (Å²) in [4.78, 5) is 0. The molecule has 0 amide bonds. The van der Waals surface area contributed by atoms with Crippen LogP contribution in [0.25, 0.3) is 0 Å². The fourth-order valence-electron chi connectivity index (χ4n) is 0.158. The molecule has 3 heteroatoms. The Labute approximate surface area is 51.5 Å². The number of hydrogen-bond acceptors (Lipinski definition) is 2. The van der Waals surface area contributed by atoms with Gasteiger partial charge in [-0.1, -0.05) is 13.3 Å². The Balaban J connectivity index is 0. The van der Waals surface area contributed by atoms with Crippen molar-refractivity contribution in [2.24, 2.45) is 0 Å². The second-order valence-corrected chi connectivity index (χ2v) is 1.08. The van der Waals surface area contributed by atoms with E-state index in [0.717, 1.165) is 12.8 Å². The van der Waals surface area contributed by atoms with E-state index in [0.29, 0.717) is 6.61 Å². The van der Waals surface area contributed by atoms with Gasteiger partial charge in [-0.15, -0.1) is 0 Å². The van der Waals surface area contributed by atoms with Gasteiger partial charge in [-0.2, -0.15) is 0 Å². The molecule has 0 aromatic carbocycles. The van der Waals surface area contributed by atoms with Gasteiger partial charge in [0.2, 0.25) is 0 Å². The Morgan fingerprint density at radius 3 is 2.00 bits per heavy atom. The standard InChI is InChI=1S/C4H10O.Ni.O/c1-2-3-4-5;;/h5H,2-4H2,1H3;;. The summed E-state index contributed by atoms with van der Waals surface area (Å²) in [7, 11) is 0. The molecule has 0 aliphatic rings. The molecule has 0 fully saturated rings. The Hall–Kier alpha value is 0.254. The molecule has 0 heterocycles. The quantitative estimate of drug-likeness (QED) is 0.585. The molecule has 2 nitrogen and oxygen atoms in total. The molecule has 0 radical (unpaired) electrons. The van der Waals surface area contributed by atoms with Crippen molar-refractivity contribution in [2.45, 2.75) is 19.8 Å². The van der Waals surface area contributed by atoms with Crippen molar-refractivity contribution >= 4 is 0 Å². The maximum absolute atomic E-state index is 8.07. The van der Waals surface area contributed by atoms with Crippen LogP contribution in [0.5, 0.6) is 0 Å². The average Bonchev–Trinajstić information content (AvgIpc) is 1.75. The van der Waals surface area contributed by atoms with Crippen molar-refractivity contribution in [3.63, 3.8) is 0 Å². The number of rotatable bonds is 2. The Morgan fingerprint density at radius 2 is 2.00 bits per heavy atom. The van der Waals surface area contributed by atoms with E-state index in [1.54, 1.807) is 0 Å². The zero-order valence-corrected chi connectivity index (χ0v) is 5.28. The predicted molar refractivity (Wildman–Crippen MR) is 22.7 cm³/mol. The first kappa shape index (κ1) is 10.3. The monoisotopic (exact) mass is 148 g/mol. The van der Waals surface area contributed by atoms with Crippen LogP contribution in [0.1, 0.15) is 19.8 Å². The number of aliphatic hydroxyl groups is 1. The molecule has 1 N–H and O–H groups in total. The SMILES string of the molecule is CCCCO.[O]=[Ni]. The third kappa shape index (κ3) is 22.3. The van der Waals surface area contributed by atoms with Gasteiger partial charge in [0.1, 0.15) is 0 Å². The Bertz CT molecular complexity index is 23.7. The third-order valence-corrected chi connectivity index (χ3v) is 0.512. The molecular weight excluding hydrogens is 139 g/mol. The van der Waals surface area contributed by atoms with E-state index in [1.165, 1.54) is 0 Å². The summed E-state index contributed by atoms with van der Waals surface area (Å²) in [5, 5.41) is 8.07. The normalized spacial score (nSPS) is 6.86. The summed E-state index contributed by atoms with van der Waals surface area (Å²) in [6, 6.07) is 0. The molecule has 0 aliphatic carbocycles. The van der Waals surface area contributed by atoms with Gasteiger partial charge < -0.3 is 5.11 Å². The van der Waals surface area contributed by atoms with Crippen molar-refractivity contribution in [1.29, 1.82) is 0 Å². The number of aliphatic hydroxyl groups excluding tert-OH is 1. The van der Waals surface area contributed by atoms with Gasteiger partial charge in [0.05, 0.1) is 0 Å². The first-order valence-corrected chi connectivity index (χ1v) is 2.56. The molecular formula is C4H10NiO2. The summed E-state index contributed by atoms with van der Waals surface area (Å²) in [5.74, 6) is 0. The first-order chi connectivity index (χ1) is 3.41. The van der Waals surface area contributed by atoms with Crippen LogP contribution < -0.4 is 0 Å². The maximum atomic E-state index is 8.07. The summed E-state index contributed by atoms with van der Waals surface area (Å²) in [6.07, 6.45) is 2.04. The molecule has 0 bridgehead atoms. The fourth-order valence-corrected chi connectivity index (χ4v) is 0.158. The second kappa shape index (κ2) is 16.3. The van der Waals surface area contributed by atoms with Crippen molar-refractivity contribution in [3.05, 3.63) is 0 Å². The molecule has 0 unspecified atom stereocenters. The molecule has 0 saturated heterocycles. The zero-order chi connectivity index (χ0) is 6.12. The van der Waals surface area contributed by atoms with Crippen LogP contribution in [-0.4, -0.2) is 11.7 Å². The number of hydrogen-bond donors (Lipinski definition) is 1. The van der Waals surface area contributed by atoms with E-state index < -0.39 is 0 Å². The summed E-state index contributed by atoms with van der Waals surface area (Å²) in [5.41, 5.74) is 0. The molecule has 0 spiro atoms. The van der Waals surface area contributed by atoms with Crippen molar-refractivity contribution < 1.29 is 24.4 Å². The van der Waals surface area contributed by atoms with Crippen LogP contribution in [0.2, 0.25) is 0 Å². The van der Waals surface area contributed by atoms with Gasteiger partial charge in [0.25, 0.3) is 0 Å². The van der Waals surface area contributed by atoms with Gasteiger partial charge in [-0.05, 0) is 6.42 Å². The van der Waals surface area contributed by atoms with Crippen molar-refractivity contribution in [1.82, 2.24) is 0 Å². The van der Waals surface area contributed by atoms with Crippen LogP contribution in [0.4, 0.5) is 0 Å². The first-order valence-electron chi connectivity index (χ1n) is 2.15. The molecule has 0 aromatic heterocycles. The summed E-state index contributed by atoms with van der Waals surface area (Å²) >= 11 is 2.62. The van der Waals surface area contributed by atoms with Gasteiger partial charge >= 0.3 is 19.3 Å². The van der Waals surface area contributed by atoms with Crippen LogP contribution >= 0.6 is 0 Å². The second-order valence-electron chi connectivity index (χ2n) is 1.08. The van der Waals surface area contributed by atoms with E-state index in [2.05, 4.69) is 22.3 Å². The van der Waals surface area contributed by atoms with Gasteiger partial charge in [0.15, 0.2) is 0 Å². The van der Waals surface area contributed by atoms with Crippen LogP contribution in [0, 0.1) is 0 Å². The minimum atomic E-state index is 0.344. The average molecular weight is 149 g/mol. The minimum absolute atomic E-state index is 0.344. The zero-order valence-electron chi connectivity index (χ0n) is 4.29. The Morgan fingerprint density at radius 1 is 1.57 bits per heavy atom. The molecule has 0 rings (SSSR count). The van der Waals surface area contributed by atoms with E-state index in [4.69, 9.17) is 9.00 Å². The molecule has 0 aliphatic heterocycles. The Kier molecular flexibility index (Phi) is 23.9. The molecule has 7 heavy (non-hydrogen) atoms. The van der Waals surface area contributed by atoms with Crippen LogP contribution in [0.15, 0.2) is 0 Å². The molecule has 0 aromatic rings. The van der Waals surface area contributed by atoms with Gasteiger partial charge in [-0.25, -0.2) is 0 Å². The van der Waals surface area contributed by atoms with Gasteiger partial charge in [0, 0.05) is 6.61 Å². The third-order valence-electron chi connectivity index (χ3n) is 0.512. The van der Waals surface area contributed by atoms with Crippen molar-refractivity contribution in [2.75, 3.05) is 6.61 Å². The van der Waals surface area contributed by atoms with E-state index in [1.807, 2.05) is 0 Å². The molecule has 0 saturated carbocycles. The summed E-state index contributed by atoms with van der Waals surface area (Å²) in [6.45, 7) is 2.40. The fraction of sp³-hybridized carbons (Fsp3) is 1.00. The van der Waals surface area contributed by atoms with Crippen LogP contribution in [0.3, 0.4) is 0 Å². The molecule has 0 atom stereocenters. The van der Waals surface area contributed by atoms with E-state index in [9.17, 15) is 0 Å². The summed E-state index contributed by atoms with van der Waals surface area (Å²) < 4.78 is 7.88. The van der Waals surface area contributed by atoms with E-state index in [-0.39, 0.29) is 0 Å². The predicted octanol–water partition coefficient (Wildman–Crippen LogP) is 0.657. The van der Waals surface area contributed by atoms with E-state index >= 15 is 0 Å². The van der Waals surface area contributed by atoms with Crippen LogP contribution in [-0.2, 0) is 19.3 Å².